The number of nitrogens with zero attached hydrogens (tertiary/aromatic N) is 2. The van der Waals surface area contributed by atoms with Crippen molar-refractivity contribution in [1.82, 2.24) is 9.97 Å². The molecule has 84 valence electrons. The van der Waals surface area contributed by atoms with Crippen LogP contribution in [-0.4, -0.2) is 29.5 Å². The van der Waals surface area contributed by atoms with E-state index in [0.717, 1.165) is 0 Å². The van der Waals surface area contributed by atoms with Gasteiger partial charge in [-0.1, -0.05) is 0 Å². The second-order valence-corrected chi connectivity index (χ2v) is 6.03. The Morgan fingerprint density at radius 3 is 2.47 bits per heavy atom. The number of aromatic nitrogens is 2. The van der Waals surface area contributed by atoms with Crippen LogP contribution in [0.1, 0.15) is 18.4 Å². The molecule has 0 amide bonds. The molecular weight excluding hydrogens is 236 g/mol. The van der Waals surface area contributed by atoms with Crippen LogP contribution in [-0.2, 0) is 9.84 Å². The third-order valence-electron chi connectivity index (χ3n) is 1.98. The molecule has 0 bridgehead atoms. The summed E-state index contributed by atoms with van der Waals surface area (Å²) >= 11 is 5.54. The molecule has 1 atom stereocenters. The third kappa shape index (κ3) is 2.66. The summed E-state index contributed by atoms with van der Waals surface area (Å²) in [6, 6.07) is 1.46. The molecule has 1 heterocycles. The fourth-order valence-corrected chi connectivity index (χ4v) is 2.79. The summed E-state index contributed by atoms with van der Waals surface area (Å²) < 4.78 is 23.8. The van der Waals surface area contributed by atoms with Crippen LogP contribution < -0.4 is 0 Å². The molecule has 1 aromatic rings. The number of rotatable bonds is 3. The van der Waals surface area contributed by atoms with Crippen LogP contribution in [0, 0.1) is 13.8 Å². The quantitative estimate of drug-likeness (QED) is 0.601. The van der Waals surface area contributed by atoms with Crippen LogP contribution in [0.2, 0.25) is 0 Å². The Balaban J connectivity index is 3.27. The van der Waals surface area contributed by atoms with Crippen molar-refractivity contribution in [2.75, 3.05) is 5.88 Å². The molecule has 6 heteroatoms. The maximum absolute atomic E-state index is 11.9. The van der Waals surface area contributed by atoms with Gasteiger partial charge in [0.15, 0.2) is 14.9 Å². The number of sulfone groups is 1. The van der Waals surface area contributed by atoms with Gasteiger partial charge < -0.3 is 0 Å². The van der Waals surface area contributed by atoms with Gasteiger partial charge in [0.1, 0.15) is 5.82 Å². The topological polar surface area (TPSA) is 59.9 Å². The van der Waals surface area contributed by atoms with E-state index in [1.807, 2.05) is 0 Å². The number of alkyl halides is 1. The summed E-state index contributed by atoms with van der Waals surface area (Å²) in [6.07, 6.45) is 0. The minimum atomic E-state index is -3.42. The lowest BCUT2D eigenvalue weighted by Gasteiger charge is -2.09. The molecule has 1 unspecified atom stereocenters. The predicted molar refractivity (Wildman–Crippen MR) is 58.9 cm³/mol. The molecule has 1 aromatic heterocycles. The van der Waals surface area contributed by atoms with Crippen LogP contribution >= 0.6 is 11.6 Å². The summed E-state index contributed by atoms with van der Waals surface area (Å²) in [5.41, 5.74) is 0.642. The molecule has 0 aromatic carbocycles. The Bertz CT molecular complexity index is 439. The Morgan fingerprint density at radius 1 is 1.40 bits per heavy atom. The number of aryl methyl sites for hydroxylation is 2. The molecule has 0 saturated heterocycles. The number of hydrogen-bond acceptors (Lipinski definition) is 4. The van der Waals surface area contributed by atoms with Crippen molar-refractivity contribution < 1.29 is 8.42 Å². The molecule has 4 nitrogen and oxygen atoms in total. The summed E-state index contributed by atoms with van der Waals surface area (Å²) in [7, 11) is -3.42. The van der Waals surface area contributed by atoms with Crippen molar-refractivity contribution in [3.8, 4) is 0 Å². The second kappa shape index (κ2) is 4.45. The Hall–Kier alpha value is -0.680. The van der Waals surface area contributed by atoms with Crippen molar-refractivity contribution in [3.63, 3.8) is 0 Å². The van der Waals surface area contributed by atoms with E-state index >= 15 is 0 Å². The highest BCUT2D eigenvalue weighted by atomic mass is 35.5. The van der Waals surface area contributed by atoms with E-state index < -0.39 is 15.1 Å². The van der Waals surface area contributed by atoms with E-state index in [1.54, 1.807) is 20.8 Å². The standard InChI is InChI=1S/C9H13ClN2O2S/c1-6-4-9(12-8(3)11-6)15(13,14)7(2)5-10/h4,7H,5H2,1-3H3. The normalized spacial score (nSPS) is 13.9. The minimum Gasteiger partial charge on any atom is -0.238 e. The Labute approximate surface area is 94.6 Å². The van der Waals surface area contributed by atoms with Gasteiger partial charge in [-0.3, -0.25) is 0 Å². The molecule has 0 radical (unpaired) electrons. The zero-order chi connectivity index (χ0) is 11.6. The summed E-state index contributed by atoms with van der Waals surface area (Å²) in [5, 5.41) is -0.575. The van der Waals surface area contributed by atoms with E-state index in [2.05, 4.69) is 9.97 Å². The number of hydrogen-bond donors (Lipinski definition) is 0. The van der Waals surface area contributed by atoms with Crippen LogP contribution in [0.5, 0.6) is 0 Å². The molecule has 0 aliphatic heterocycles. The van der Waals surface area contributed by atoms with Gasteiger partial charge in [-0.2, -0.15) is 0 Å². The lowest BCUT2D eigenvalue weighted by Crippen LogP contribution is -2.21. The fourth-order valence-electron chi connectivity index (χ4n) is 1.12. The highest BCUT2D eigenvalue weighted by Gasteiger charge is 2.24. The van der Waals surface area contributed by atoms with Gasteiger partial charge in [0.05, 0.1) is 5.25 Å². The van der Waals surface area contributed by atoms with Crippen molar-refractivity contribution in [2.45, 2.75) is 31.0 Å². The summed E-state index contributed by atoms with van der Waals surface area (Å²) in [6.45, 7) is 4.96. The molecule has 0 aliphatic rings. The molecule has 0 fully saturated rings. The molecule has 0 spiro atoms. The van der Waals surface area contributed by atoms with E-state index in [0.29, 0.717) is 11.5 Å². The van der Waals surface area contributed by atoms with E-state index in [1.165, 1.54) is 6.07 Å². The zero-order valence-electron chi connectivity index (χ0n) is 8.86. The monoisotopic (exact) mass is 248 g/mol. The molecule has 15 heavy (non-hydrogen) atoms. The first-order valence-corrected chi connectivity index (χ1v) is 6.58. The van der Waals surface area contributed by atoms with Gasteiger partial charge in [0.2, 0.25) is 0 Å². The molecular formula is C9H13ClN2O2S. The van der Waals surface area contributed by atoms with Crippen LogP contribution in [0.3, 0.4) is 0 Å². The Morgan fingerprint density at radius 2 is 2.00 bits per heavy atom. The zero-order valence-corrected chi connectivity index (χ0v) is 10.4. The maximum Gasteiger partial charge on any atom is 0.199 e. The first kappa shape index (κ1) is 12.4. The minimum absolute atomic E-state index is 0.0562. The van der Waals surface area contributed by atoms with E-state index in [9.17, 15) is 8.42 Å². The maximum atomic E-state index is 11.9. The van der Waals surface area contributed by atoms with Crippen molar-refractivity contribution in [1.29, 1.82) is 0 Å². The van der Waals surface area contributed by atoms with Crippen molar-refractivity contribution in [3.05, 3.63) is 17.6 Å². The SMILES string of the molecule is Cc1cc(S(=O)(=O)C(C)CCl)nc(C)n1. The molecule has 0 saturated carbocycles. The van der Waals surface area contributed by atoms with Crippen molar-refractivity contribution >= 4 is 21.4 Å². The van der Waals surface area contributed by atoms with Crippen LogP contribution in [0.15, 0.2) is 11.1 Å². The average Bonchev–Trinajstić information content (AvgIpc) is 2.15. The lowest BCUT2D eigenvalue weighted by molar-refractivity contribution is 0.582. The smallest absolute Gasteiger partial charge is 0.199 e. The van der Waals surface area contributed by atoms with Gasteiger partial charge in [-0.05, 0) is 26.8 Å². The van der Waals surface area contributed by atoms with Crippen molar-refractivity contribution in [2.24, 2.45) is 0 Å². The first-order chi connectivity index (χ1) is 6.87. The molecule has 0 aliphatic carbocycles. The average molecular weight is 249 g/mol. The second-order valence-electron chi connectivity index (χ2n) is 3.40. The van der Waals surface area contributed by atoms with E-state index in [4.69, 9.17) is 11.6 Å². The van der Waals surface area contributed by atoms with Gasteiger partial charge >= 0.3 is 0 Å². The summed E-state index contributed by atoms with van der Waals surface area (Å²) in [4.78, 5) is 7.94. The molecule has 1 rings (SSSR count). The third-order valence-corrected chi connectivity index (χ3v) is 4.65. The van der Waals surface area contributed by atoms with Crippen LogP contribution in [0.25, 0.3) is 0 Å². The van der Waals surface area contributed by atoms with Crippen LogP contribution in [0.4, 0.5) is 0 Å². The lowest BCUT2D eigenvalue weighted by atomic mass is 10.4. The largest absolute Gasteiger partial charge is 0.238 e. The number of halogens is 1. The first-order valence-electron chi connectivity index (χ1n) is 4.50. The highest BCUT2D eigenvalue weighted by Crippen LogP contribution is 2.15. The van der Waals surface area contributed by atoms with E-state index in [-0.39, 0.29) is 10.9 Å². The highest BCUT2D eigenvalue weighted by molar-refractivity contribution is 7.92. The Kier molecular flexibility index (Phi) is 3.67. The van der Waals surface area contributed by atoms with Gasteiger partial charge in [0.25, 0.3) is 0 Å². The van der Waals surface area contributed by atoms with Gasteiger partial charge in [-0.15, -0.1) is 11.6 Å². The van der Waals surface area contributed by atoms with Gasteiger partial charge in [-0.25, -0.2) is 18.4 Å². The summed E-state index contributed by atoms with van der Waals surface area (Å²) in [5.74, 6) is 0.514. The predicted octanol–water partition coefficient (Wildman–Crippen LogP) is 1.49. The fraction of sp³-hybridized carbons (Fsp3) is 0.556. The van der Waals surface area contributed by atoms with Gasteiger partial charge in [0, 0.05) is 11.6 Å². The molecule has 0 N–H and O–H groups in total.